The summed E-state index contributed by atoms with van der Waals surface area (Å²) in [6, 6.07) is 4.91. The molecule has 1 amide bonds. The van der Waals surface area contributed by atoms with Crippen molar-refractivity contribution in [1.29, 1.82) is 0 Å². The Balaban J connectivity index is 1.95. The van der Waals surface area contributed by atoms with E-state index in [2.05, 4.69) is 21.2 Å². The number of alkyl halides is 1. The molecule has 19 heavy (non-hydrogen) atoms. The molecule has 1 aliphatic carbocycles. The molecule has 104 valence electrons. The van der Waals surface area contributed by atoms with Crippen molar-refractivity contribution in [3.8, 4) is 0 Å². The van der Waals surface area contributed by atoms with Crippen LogP contribution in [0.25, 0.3) is 0 Å². The van der Waals surface area contributed by atoms with Crippen molar-refractivity contribution in [3.63, 3.8) is 0 Å². The summed E-state index contributed by atoms with van der Waals surface area (Å²) in [5.74, 6) is -0.281. The quantitative estimate of drug-likeness (QED) is 0.840. The van der Waals surface area contributed by atoms with Crippen LogP contribution >= 0.6 is 15.9 Å². The van der Waals surface area contributed by atoms with Crippen LogP contribution in [-0.4, -0.2) is 17.3 Å². The van der Waals surface area contributed by atoms with Gasteiger partial charge in [-0.3, -0.25) is 4.79 Å². The second-order valence-corrected chi connectivity index (χ2v) is 6.38. The standard InChI is InChI=1S/C15H19BrFNO/c1-10-5-4-7-12(14(10)17)15(19)18-9-11-6-2-3-8-13(11)16/h4-5,7,11,13H,2-3,6,8-9H2,1H3,(H,18,19). The average Bonchev–Trinajstić information content (AvgIpc) is 2.40. The third kappa shape index (κ3) is 3.56. The molecule has 2 rings (SSSR count). The minimum absolute atomic E-state index is 0.141. The molecule has 2 nitrogen and oxygen atoms in total. The van der Waals surface area contributed by atoms with E-state index < -0.39 is 5.82 Å². The van der Waals surface area contributed by atoms with Crippen LogP contribution in [0.1, 0.15) is 41.6 Å². The van der Waals surface area contributed by atoms with Gasteiger partial charge in [-0.1, -0.05) is 40.9 Å². The van der Waals surface area contributed by atoms with E-state index in [1.807, 2.05) is 0 Å². The lowest BCUT2D eigenvalue weighted by Crippen LogP contribution is -2.35. The van der Waals surface area contributed by atoms with Crippen LogP contribution in [0.4, 0.5) is 4.39 Å². The van der Waals surface area contributed by atoms with Gasteiger partial charge in [-0.25, -0.2) is 4.39 Å². The molecular weight excluding hydrogens is 309 g/mol. The maximum Gasteiger partial charge on any atom is 0.254 e. The Labute approximate surface area is 121 Å². The Morgan fingerprint density at radius 3 is 2.89 bits per heavy atom. The highest BCUT2D eigenvalue weighted by Crippen LogP contribution is 2.29. The lowest BCUT2D eigenvalue weighted by atomic mass is 9.89. The second kappa shape index (κ2) is 6.51. The smallest absolute Gasteiger partial charge is 0.254 e. The summed E-state index contributed by atoms with van der Waals surface area (Å²) in [4.78, 5) is 12.5. The first-order valence-electron chi connectivity index (χ1n) is 6.77. The highest BCUT2D eigenvalue weighted by atomic mass is 79.9. The van der Waals surface area contributed by atoms with E-state index in [1.54, 1.807) is 19.1 Å². The minimum Gasteiger partial charge on any atom is -0.352 e. The number of hydrogen-bond acceptors (Lipinski definition) is 1. The summed E-state index contributed by atoms with van der Waals surface area (Å²) < 4.78 is 13.8. The zero-order valence-electron chi connectivity index (χ0n) is 11.1. The molecular formula is C15H19BrFNO. The fourth-order valence-electron chi connectivity index (χ4n) is 2.53. The molecule has 2 atom stereocenters. The van der Waals surface area contributed by atoms with Crippen LogP contribution in [0, 0.1) is 18.7 Å². The van der Waals surface area contributed by atoms with Gasteiger partial charge in [0, 0.05) is 11.4 Å². The molecule has 1 aromatic carbocycles. The normalized spacial score (nSPS) is 23.1. The Hall–Kier alpha value is -0.900. The minimum atomic E-state index is -0.418. The summed E-state index contributed by atoms with van der Waals surface area (Å²) in [7, 11) is 0. The number of rotatable bonds is 3. The third-order valence-electron chi connectivity index (χ3n) is 3.78. The van der Waals surface area contributed by atoms with Gasteiger partial charge in [0.25, 0.3) is 5.91 Å². The average molecular weight is 328 g/mol. The van der Waals surface area contributed by atoms with E-state index in [4.69, 9.17) is 0 Å². The highest BCUT2D eigenvalue weighted by Gasteiger charge is 2.23. The van der Waals surface area contributed by atoms with Crippen LogP contribution in [0.3, 0.4) is 0 Å². The summed E-state index contributed by atoms with van der Waals surface area (Å²) in [5, 5.41) is 2.86. The topological polar surface area (TPSA) is 29.1 Å². The van der Waals surface area contributed by atoms with Crippen LogP contribution in [0.2, 0.25) is 0 Å². The van der Waals surface area contributed by atoms with Gasteiger partial charge in [-0.05, 0) is 37.3 Å². The molecule has 0 spiro atoms. The number of hydrogen-bond donors (Lipinski definition) is 1. The summed E-state index contributed by atoms with van der Waals surface area (Å²) in [5.41, 5.74) is 0.644. The van der Waals surface area contributed by atoms with Crippen molar-refractivity contribution in [2.75, 3.05) is 6.54 Å². The molecule has 1 saturated carbocycles. The lowest BCUT2D eigenvalue weighted by molar-refractivity contribution is 0.0940. The first kappa shape index (κ1) is 14.5. The molecule has 0 radical (unpaired) electrons. The summed E-state index contributed by atoms with van der Waals surface area (Å²) >= 11 is 3.66. The SMILES string of the molecule is Cc1cccc(C(=O)NCC2CCCCC2Br)c1F. The van der Waals surface area contributed by atoms with Gasteiger partial charge in [0.1, 0.15) is 5.82 Å². The van der Waals surface area contributed by atoms with Gasteiger partial charge in [0.05, 0.1) is 5.56 Å². The molecule has 0 saturated heterocycles. The van der Waals surface area contributed by atoms with Crippen molar-refractivity contribution in [2.45, 2.75) is 37.4 Å². The van der Waals surface area contributed by atoms with Crippen molar-refractivity contribution >= 4 is 21.8 Å². The van der Waals surface area contributed by atoms with Crippen molar-refractivity contribution < 1.29 is 9.18 Å². The van der Waals surface area contributed by atoms with E-state index in [0.717, 1.165) is 12.8 Å². The Morgan fingerprint density at radius 2 is 2.16 bits per heavy atom. The van der Waals surface area contributed by atoms with Gasteiger partial charge < -0.3 is 5.32 Å². The van der Waals surface area contributed by atoms with E-state index in [0.29, 0.717) is 22.9 Å². The maximum atomic E-state index is 13.8. The van der Waals surface area contributed by atoms with Crippen LogP contribution in [0.15, 0.2) is 18.2 Å². The highest BCUT2D eigenvalue weighted by molar-refractivity contribution is 9.09. The fourth-order valence-corrected chi connectivity index (χ4v) is 3.31. The van der Waals surface area contributed by atoms with Gasteiger partial charge in [-0.15, -0.1) is 0 Å². The zero-order valence-corrected chi connectivity index (χ0v) is 12.7. The Morgan fingerprint density at radius 1 is 1.42 bits per heavy atom. The van der Waals surface area contributed by atoms with Crippen molar-refractivity contribution in [1.82, 2.24) is 5.32 Å². The van der Waals surface area contributed by atoms with Gasteiger partial charge in [-0.2, -0.15) is 0 Å². The molecule has 1 fully saturated rings. The third-order valence-corrected chi connectivity index (χ3v) is 4.98. The second-order valence-electron chi connectivity index (χ2n) is 5.21. The number of carbonyl (C=O) groups is 1. The number of aryl methyl sites for hydroxylation is 1. The molecule has 1 N–H and O–H groups in total. The molecule has 0 aromatic heterocycles. The van der Waals surface area contributed by atoms with Crippen LogP contribution in [0.5, 0.6) is 0 Å². The monoisotopic (exact) mass is 327 g/mol. The molecule has 0 aliphatic heterocycles. The Kier molecular flexibility index (Phi) is 4.97. The largest absolute Gasteiger partial charge is 0.352 e. The fraction of sp³-hybridized carbons (Fsp3) is 0.533. The van der Waals surface area contributed by atoms with E-state index >= 15 is 0 Å². The van der Waals surface area contributed by atoms with Crippen molar-refractivity contribution in [2.24, 2.45) is 5.92 Å². The van der Waals surface area contributed by atoms with Gasteiger partial charge in [0.15, 0.2) is 0 Å². The molecule has 1 aromatic rings. The summed E-state index contributed by atoms with van der Waals surface area (Å²) in [6.07, 6.45) is 4.72. The molecule has 1 aliphatic rings. The molecule has 0 heterocycles. The number of nitrogens with one attached hydrogen (secondary N) is 1. The van der Waals surface area contributed by atoms with E-state index in [-0.39, 0.29) is 11.5 Å². The number of benzene rings is 1. The van der Waals surface area contributed by atoms with E-state index in [9.17, 15) is 9.18 Å². The number of amides is 1. The van der Waals surface area contributed by atoms with Crippen molar-refractivity contribution in [3.05, 3.63) is 35.1 Å². The predicted molar refractivity (Wildman–Crippen MR) is 78.1 cm³/mol. The Bertz CT molecular complexity index is 463. The predicted octanol–water partition coefficient (Wildman–Crippen LogP) is 3.82. The number of carbonyl (C=O) groups excluding carboxylic acids is 1. The van der Waals surface area contributed by atoms with Crippen LogP contribution in [-0.2, 0) is 0 Å². The zero-order chi connectivity index (χ0) is 13.8. The van der Waals surface area contributed by atoms with Gasteiger partial charge in [0.2, 0.25) is 0 Å². The maximum absolute atomic E-state index is 13.8. The lowest BCUT2D eigenvalue weighted by Gasteiger charge is -2.27. The molecule has 0 bridgehead atoms. The summed E-state index contributed by atoms with van der Waals surface area (Å²) in [6.45, 7) is 2.28. The van der Waals surface area contributed by atoms with E-state index in [1.165, 1.54) is 18.9 Å². The van der Waals surface area contributed by atoms with Crippen LogP contribution < -0.4 is 5.32 Å². The molecule has 4 heteroatoms. The van der Waals surface area contributed by atoms with Gasteiger partial charge >= 0.3 is 0 Å². The number of halogens is 2. The first-order chi connectivity index (χ1) is 9.09. The first-order valence-corrected chi connectivity index (χ1v) is 7.68. The molecule has 2 unspecified atom stereocenters.